The predicted molar refractivity (Wildman–Crippen MR) is 117 cm³/mol. The van der Waals surface area contributed by atoms with E-state index in [1.807, 2.05) is 24.4 Å². The third-order valence-corrected chi connectivity index (χ3v) is 6.08. The summed E-state index contributed by atoms with van der Waals surface area (Å²) in [5.41, 5.74) is 8.53. The molecule has 0 saturated heterocycles. The SMILES string of the molecule is CCOc1cc([C@@H]2CC(=O)Nc3c(-c4ccc(F)cc4)csc32)ccc1OCC(N)=O. The monoisotopic (exact) mass is 440 g/mol. The molecule has 0 saturated carbocycles. The Kier molecular flexibility index (Phi) is 5.90. The lowest BCUT2D eigenvalue weighted by Gasteiger charge is -2.24. The van der Waals surface area contributed by atoms with Gasteiger partial charge in [0.15, 0.2) is 18.1 Å². The molecule has 6 nitrogen and oxygen atoms in total. The van der Waals surface area contributed by atoms with Gasteiger partial charge >= 0.3 is 0 Å². The fraction of sp³-hybridized carbons (Fsp3) is 0.217. The molecule has 0 unspecified atom stereocenters. The summed E-state index contributed by atoms with van der Waals surface area (Å²) < 4.78 is 24.5. The molecule has 160 valence electrons. The zero-order valence-electron chi connectivity index (χ0n) is 16.8. The van der Waals surface area contributed by atoms with E-state index in [0.717, 1.165) is 27.3 Å². The number of carbonyl (C=O) groups is 2. The molecule has 8 heteroatoms. The van der Waals surface area contributed by atoms with Gasteiger partial charge in [-0.3, -0.25) is 9.59 Å². The van der Waals surface area contributed by atoms with Gasteiger partial charge in [-0.25, -0.2) is 4.39 Å². The molecule has 1 atom stereocenters. The van der Waals surface area contributed by atoms with E-state index in [4.69, 9.17) is 15.2 Å². The van der Waals surface area contributed by atoms with Crippen molar-refractivity contribution in [3.63, 3.8) is 0 Å². The van der Waals surface area contributed by atoms with Gasteiger partial charge in [0.25, 0.3) is 5.91 Å². The van der Waals surface area contributed by atoms with Crippen LogP contribution in [0.2, 0.25) is 0 Å². The lowest BCUT2D eigenvalue weighted by molar-refractivity contribution is -0.120. The quantitative estimate of drug-likeness (QED) is 0.573. The topological polar surface area (TPSA) is 90.7 Å². The second-order valence-corrected chi connectivity index (χ2v) is 8.01. The maximum atomic E-state index is 13.3. The summed E-state index contributed by atoms with van der Waals surface area (Å²) in [4.78, 5) is 24.6. The first kappa shape index (κ1) is 20.9. The molecule has 0 bridgehead atoms. The standard InChI is InChI=1S/C23H21FN2O4S/c1-2-29-19-9-14(5-8-18(19)30-11-20(25)27)16-10-21(28)26-22-17(12-31-23(16)22)13-3-6-15(24)7-4-13/h3-9,12,16H,2,10-11H2,1H3,(H2,25,27)(H,26,28)/t16-/m0/s1. The average molecular weight is 440 g/mol. The minimum absolute atomic E-state index is 0.0914. The van der Waals surface area contributed by atoms with Crippen LogP contribution in [-0.4, -0.2) is 25.0 Å². The van der Waals surface area contributed by atoms with Crippen molar-refractivity contribution in [1.29, 1.82) is 0 Å². The number of hydrogen-bond acceptors (Lipinski definition) is 5. The summed E-state index contributed by atoms with van der Waals surface area (Å²) in [7, 11) is 0. The Labute approximate surface area is 182 Å². The van der Waals surface area contributed by atoms with E-state index in [-0.39, 0.29) is 24.2 Å². The highest BCUT2D eigenvalue weighted by molar-refractivity contribution is 7.11. The van der Waals surface area contributed by atoms with Crippen LogP contribution in [-0.2, 0) is 9.59 Å². The van der Waals surface area contributed by atoms with Crippen molar-refractivity contribution >= 4 is 28.8 Å². The number of benzene rings is 2. The lowest BCUT2D eigenvalue weighted by Crippen LogP contribution is -2.22. The third-order valence-electron chi connectivity index (χ3n) is 4.99. The van der Waals surface area contributed by atoms with E-state index in [2.05, 4.69) is 5.32 Å². The van der Waals surface area contributed by atoms with Gasteiger partial charge in [0, 0.05) is 28.2 Å². The van der Waals surface area contributed by atoms with E-state index in [9.17, 15) is 14.0 Å². The van der Waals surface area contributed by atoms with Crippen LogP contribution in [0.1, 0.15) is 29.7 Å². The van der Waals surface area contributed by atoms with Gasteiger partial charge in [0.05, 0.1) is 12.3 Å². The fourth-order valence-corrected chi connectivity index (χ4v) is 4.78. The number of nitrogens with one attached hydrogen (secondary N) is 1. The molecule has 2 heterocycles. The Morgan fingerprint density at radius 2 is 1.97 bits per heavy atom. The molecule has 1 aromatic heterocycles. The zero-order valence-corrected chi connectivity index (χ0v) is 17.6. The van der Waals surface area contributed by atoms with Crippen molar-refractivity contribution in [2.45, 2.75) is 19.3 Å². The summed E-state index contributed by atoms with van der Waals surface area (Å²) in [6, 6.07) is 11.6. The summed E-state index contributed by atoms with van der Waals surface area (Å²) in [6.45, 7) is 2.02. The van der Waals surface area contributed by atoms with Crippen molar-refractivity contribution in [3.8, 4) is 22.6 Å². The van der Waals surface area contributed by atoms with Crippen LogP contribution in [0.5, 0.6) is 11.5 Å². The van der Waals surface area contributed by atoms with Gasteiger partial charge in [0.1, 0.15) is 5.82 Å². The molecule has 0 radical (unpaired) electrons. The van der Waals surface area contributed by atoms with Crippen LogP contribution in [0.4, 0.5) is 10.1 Å². The predicted octanol–water partition coefficient (Wildman–Crippen LogP) is 4.29. The molecular weight excluding hydrogens is 419 g/mol. The molecule has 3 aromatic rings. The smallest absolute Gasteiger partial charge is 0.255 e. The van der Waals surface area contributed by atoms with Crippen molar-refractivity contribution in [1.82, 2.24) is 0 Å². The van der Waals surface area contributed by atoms with Crippen LogP contribution >= 0.6 is 11.3 Å². The van der Waals surface area contributed by atoms with Gasteiger partial charge in [-0.1, -0.05) is 18.2 Å². The molecule has 1 aliphatic rings. The second-order valence-electron chi connectivity index (χ2n) is 7.09. The van der Waals surface area contributed by atoms with E-state index in [1.165, 1.54) is 12.1 Å². The summed E-state index contributed by atoms with van der Waals surface area (Å²) >= 11 is 1.55. The third kappa shape index (κ3) is 4.39. The highest BCUT2D eigenvalue weighted by atomic mass is 32.1. The van der Waals surface area contributed by atoms with Crippen molar-refractivity contribution in [2.75, 3.05) is 18.5 Å². The Hall–Kier alpha value is -3.39. The first-order valence-corrected chi connectivity index (χ1v) is 10.7. The molecule has 2 aromatic carbocycles. The molecule has 1 aliphatic heterocycles. The molecule has 4 rings (SSSR count). The summed E-state index contributed by atoms with van der Waals surface area (Å²) in [5, 5.41) is 4.95. The zero-order chi connectivity index (χ0) is 22.0. The maximum absolute atomic E-state index is 13.3. The molecule has 2 amide bonds. The number of amides is 2. The van der Waals surface area contributed by atoms with E-state index < -0.39 is 5.91 Å². The van der Waals surface area contributed by atoms with E-state index in [1.54, 1.807) is 29.5 Å². The minimum Gasteiger partial charge on any atom is -0.490 e. The number of ether oxygens (including phenoxy) is 2. The van der Waals surface area contributed by atoms with E-state index >= 15 is 0 Å². The highest BCUT2D eigenvalue weighted by Crippen LogP contribution is 2.47. The van der Waals surface area contributed by atoms with Crippen molar-refractivity contribution in [2.24, 2.45) is 5.73 Å². The number of hydrogen-bond donors (Lipinski definition) is 2. The number of carbonyl (C=O) groups excluding carboxylic acids is 2. The average Bonchev–Trinajstić information content (AvgIpc) is 3.16. The van der Waals surface area contributed by atoms with Crippen molar-refractivity contribution < 1.29 is 23.5 Å². The van der Waals surface area contributed by atoms with E-state index in [0.29, 0.717) is 24.5 Å². The molecule has 31 heavy (non-hydrogen) atoms. The summed E-state index contributed by atoms with van der Waals surface area (Å²) in [5.74, 6) is -0.227. The van der Waals surface area contributed by atoms with Gasteiger partial charge in [-0.2, -0.15) is 0 Å². The van der Waals surface area contributed by atoms with Gasteiger partial charge in [0.2, 0.25) is 5.91 Å². The number of fused-ring (bicyclic) bond motifs is 1. The number of halogens is 1. The number of primary amides is 1. The Bertz CT molecular complexity index is 1130. The lowest BCUT2D eigenvalue weighted by atomic mass is 9.89. The van der Waals surface area contributed by atoms with Gasteiger partial charge < -0.3 is 20.5 Å². The van der Waals surface area contributed by atoms with Crippen LogP contribution < -0.4 is 20.5 Å². The normalized spacial score (nSPS) is 15.2. The highest BCUT2D eigenvalue weighted by Gasteiger charge is 2.31. The largest absolute Gasteiger partial charge is 0.490 e. The van der Waals surface area contributed by atoms with Crippen LogP contribution in [0.15, 0.2) is 47.8 Å². The fourth-order valence-electron chi connectivity index (χ4n) is 3.62. The minimum atomic E-state index is -0.577. The maximum Gasteiger partial charge on any atom is 0.255 e. The molecule has 3 N–H and O–H groups in total. The van der Waals surface area contributed by atoms with Crippen molar-refractivity contribution in [3.05, 3.63) is 64.1 Å². The van der Waals surface area contributed by atoms with Crippen LogP contribution in [0, 0.1) is 5.82 Å². The Morgan fingerprint density at radius 1 is 1.19 bits per heavy atom. The molecule has 0 aliphatic carbocycles. The van der Waals surface area contributed by atoms with Crippen LogP contribution in [0.25, 0.3) is 11.1 Å². The van der Waals surface area contributed by atoms with Gasteiger partial charge in [-0.05, 0) is 42.3 Å². The van der Waals surface area contributed by atoms with Crippen LogP contribution in [0.3, 0.4) is 0 Å². The summed E-state index contributed by atoms with van der Waals surface area (Å²) in [6.07, 6.45) is 0.295. The number of nitrogens with two attached hydrogens (primary N) is 1. The molecule has 0 fully saturated rings. The Balaban J connectivity index is 1.71. The number of anilines is 1. The Morgan fingerprint density at radius 3 is 2.68 bits per heavy atom. The molecule has 0 spiro atoms. The second kappa shape index (κ2) is 8.77. The molecular formula is C23H21FN2O4S. The first-order chi connectivity index (χ1) is 15.0. The number of thiophene rings is 1. The first-order valence-electron chi connectivity index (χ1n) is 9.81. The number of rotatable bonds is 7. The van der Waals surface area contributed by atoms with Gasteiger partial charge in [-0.15, -0.1) is 11.3 Å².